The normalized spacial score (nSPS) is 21.0. The molecule has 144 valence electrons. The first kappa shape index (κ1) is 18.1. The number of ether oxygens (including phenoxy) is 1. The smallest absolute Gasteiger partial charge is 0.225 e. The van der Waals surface area contributed by atoms with Crippen molar-refractivity contribution in [3.05, 3.63) is 29.5 Å². The molecule has 0 N–H and O–H groups in total. The van der Waals surface area contributed by atoms with Crippen molar-refractivity contribution in [3.8, 4) is 11.3 Å². The zero-order chi connectivity index (χ0) is 18.8. The van der Waals surface area contributed by atoms with Crippen LogP contribution in [0.25, 0.3) is 11.3 Å². The number of nitrogens with zero attached hydrogens (tertiary/aromatic N) is 4. The van der Waals surface area contributed by atoms with Gasteiger partial charge in [0.1, 0.15) is 12.1 Å². The second-order valence-electron chi connectivity index (χ2n) is 7.62. The maximum Gasteiger partial charge on any atom is 0.225 e. The van der Waals surface area contributed by atoms with Gasteiger partial charge in [-0.2, -0.15) is 0 Å². The lowest BCUT2D eigenvalue weighted by Crippen LogP contribution is -2.37. The largest absolute Gasteiger partial charge is 0.381 e. The maximum atomic E-state index is 12.7. The molecule has 7 heteroatoms. The molecule has 0 aromatic carbocycles. The van der Waals surface area contributed by atoms with Gasteiger partial charge in [0.05, 0.1) is 17.0 Å². The van der Waals surface area contributed by atoms with Gasteiger partial charge in [-0.25, -0.2) is 9.97 Å². The lowest BCUT2D eigenvalue weighted by Gasteiger charge is -2.26. The van der Waals surface area contributed by atoms with E-state index in [9.17, 15) is 4.79 Å². The Labute approximate surface area is 159 Å². The fourth-order valence-corrected chi connectivity index (χ4v) is 4.19. The number of carbonyl (C=O) groups is 1. The molecule has 4 heterocycles. The second kappa shape index (κ2) is 7.76. The molecular formula is C20H26N4O3. The predicted molar refractivity (Wildman–Crippen MR) is 98.9 cm³/mol. The third kappa shape index (κ3) is 3.88. The monoisotopic (exact) mass is 370 g/mol. The molecule has 2 aliphatic rings. The van der Waals surface area contributed by atoms with Gasteiger partial charge >= 0.3 is 0 Å². The minimum absolute atomic E-state index is 0.141. The van der Waals surface area contributed by atoms with Gasteiger partial charge in [-0.1, -0.05) is 5.16 Å². The zero-order valence-electron chi connectivity index (χ0n) is 16.0. The van der Waals surface area contributed by atoms with E-state index < -0.39 is 0 Å². The van der Waals surface area contributed by atoms with Crippen LogP contribution >= 0.6 is 0 Å². The number of aryl methyl sites for hydroxylation is 2. The van der Waals surface area contributed by atoms with E-state index in [-0.39, 0.29) is 5.92 Å². The number of carbonyl (C=O) groups excluding carboxylic acids is 1. The zero-order valence-corrected chi connectivity index (χ0v) is 16.0. The molecule has 4 rings (SSSR count). The third-order valence-electron chi connectivity index (χ3n) is 5.68. The van der Waals surface area contributed by atoms with Crippen molar-refractivity contribution < 1.29 is 14.1 Å². The molecule has 1 unspecified atom stereocenters. The summed E-state index contributed by atoms with van der Waals surface area (Å²) in [7, 11) is 0. The number of hydrogen-bond acceptors (Lipinski definition) is 6. The predicted octanol–water partition coefficient (Wildman–Crippen LogP) is 2.57. The molecular weight excluding hydrogens is 344 g/mol. The molecule has 0 aliphatic carbocycles. The van der Waals surface area contributed by atoms with Crippen LogP contribution in [0.4, 0.5) is 0 Å². The summed E-state index contributed by atoms with van der Waals surface area (Å²) in [6.07, 6.45) is 5.20. The van der Waals surface area contributed by atoms with Gasteiger partial charge in [-0.15, -0.1) is 0 Å². The quantitative estimate of drug-likeness (QED) is 0.823. The number of aromatic nitrogens is 3. The van der Waals surface area contributed by atoms with Crippen molar-refractivity contribution in [1.29, 1.82) is 0 Å². The highest BCUT2D eigenvalue weighted by Gasteiger charge is 2.32. The Morgan fingerprint density at radius 2 is 2.04 bits per heavy atom. The van der Waals surface area contributed by atoms with Crippen LogP contribution in [0.15, 0.2) is 16.9 Å². The van der Waals surface area contributed by atoms with E-state index in [2.05, 4.69) is 15.1 Å². The summed E-state index contributed by atoms with van der Waals surface area (Å²) in [5, 5.41) is 4.01. The topological polar surface area (TPSA) is 81.4 Å². The summed E-state index contributed by atoms with van der Waals surface area (Å²) in [5.74, 6) is 1.66. The Morgan fingerprint density at radius 3 is 2.78 bits per heavy atom. The van der Waals surface area contributed by atoms with Crippen LogP contribution in [0.5, 0.6) is 0 Å². The molecule has 0 bridgehead atoms. The molecule has 2 aromatic rings. The SMILES string of the molecule is Cc1noc(C)c1-c1cc(CC2CCN(C(=O)C3CCOCC3)C2)ncn1. The Balaban J connectivity index is 1.40. The summed E-state index contributed by atoms with van der Waals surface area (Å²) in [4.78, 5) is 23.6. The van der Waals surface area contributed by atoms with Crippen LogP contribution in [0.2, 0.25) is 0 Å². The first-order chi connectivity index (χ1) is 13.1. The number of hydrogen-bond donors (Lipinski definition) is 0. The molecule has 2 aromatic heterocycles. The average molecular weight is 370 g/mol. The fourth-order valence-electron chi connectivity index (χ4n) is 4.19. The van der Waals surface area contributed by atoms with E-state index in [4.69, 9.17) is 9.26 Å². The molecule has 1 atom stereocenters. The van der Waals surface area contributed by atoms with Crippen molar-refractivity contribution in [2.24, 2.45) is 11.8 Å². The number of likely N-dealkylation sites (tertiary alicyclic amines) is 1. The first-order valence-electron chi connectivity index (χ1n) is 9.72. The Hall–Kier alpha value is -2.28. The molecule has 27 heavy (non-hydrogen) atoms. The van der Waals surface area contributed by atoms with Gasteiger partial charge in [-0.05, 0) is 51.5 Å². The maximum absolute atomic E-state index is 12.7. The molecule has 0 saturated carbocycles. The molecule has 2 saturated heterocycles. The van der Waals surface area contributed by atoms with Gasteiger partial charge in [0.25, 0.3) is 0 Å². The van der Waals surface area contributed by atoms with E-state index in [1.54, 1.807) is 6.33 Å². The highest BCUT2D eigenvalue weighted by Crippen LogP contribution is 2.28. The second-order valence-corrected chi connectivity index (χ2v) is 7.62. The van der Waals surface area contributed by atoms with Gasteiger partial charge in [0.2, 0.25) is 5.91 Å². The molecule has 2 aliphatic heterocycles. The van der Waals surface area contributed by atoms with Crippen LogP contribution in [-0.4, -0.2) is 52.2 Å². The molecule has 0 radical (unpaired) electrons. The lowest BCUT2D eigenvalue weighted by molar-refractivity contribution is -0.137. The highest BCUT2D eigenvalue weighted by molar-refractivity contribution is 5.79. The summed E-state index contributed by atoms with van der Waals surface area (Å²) >= 11 is 0. The average Bonchev–Trinajstić information content (AvgIpc) is 3.28. The van der Waals surface area contributed by atoms with Crippen LogP contribution in [0, 0.1) is 25.7 Å². The summed E-state index contributed by atoms with van der Waals surface area (Å²) < 4.78 is 10.6. The molecule has 0 spiro atoms. The van der Waals surface area contributed by atoms with Crippen LogP contribution in [0.3, 0.4) is 0 Å². The van der Waals surface area contributed by atoms with Crippen LogP contribution in [-0.2, 0) is 16.0 Å². The van der Waals surface area contributed by atoms with E-state index in [1.807, 2.05) is 24.8 Å². The van der Waals surface area contributed by atoms with Crippen molar-refractivity contribution in [1.82, 2.24) is 20.0 Å². The Bertz CT molecular complexity index is 794. The van der Waals surface area contributed by atoms with Crippen molar-refractivity contribution >= 4 is 5.91 Å². The van der Waals surface area contributed by atoms with Crippen molar-refractivity contribution in [2.75, 3.05) is 26.3 Å². The summed E-state index contributed by atoms with van der Waals surface area (Å²) in [5.41, 5.74) is 3.64. The molecule has 2 fully saturated rings. The standard InChI is InChI=1S/C20H26N4O3/c1-13-19(14(2)27-23-13)18-10-17(21-12-22-18)9-15-3-6-24(11-15)20(25)16-4-7-26-8-5-16/h10,12,15-16H,3-9,11H2,1-2H3. The first-order valence-corrected chi connectivity index (χ1v) is 9.72. The number of rotatable bonds is 4. The van der Waals surface area contributed by atoms with E-state index >= 15 is 0 Å². The van der Waals surface area contributed by atoms with Crippen LogP contribution < -0.4 is 0 Å². The third-order valence-corrected chi connectivity index (χ3v) is 5.68. The van der Waals surface area contributed by atoms with Gasteiger partial charge in [0, 0.05) is 37.9 Å². The van der Waals surface area contributed by atoms with Gasteiger partial charge in [-0.3, -0.25) is 4.79 Å². The van der Waals surface area contributed by atoms with Gasteiger partial charge < -0.3 is 14.2 Å². The van der Waals surface area contributed by atoms with Gasteiger partial charge in [0.15, 0.2) is 0 Å². The van der Waals surface area contributed by atoms with E-state index in [0.29, 0.717) is 25.0 Å². The molecule has 1 amide bonds. The summed E-state index contributed by atoms with van der Waals surface area (Å²) in [6.45, 7) is 6.90. The fraction of sp³-hybridized carbons (Fsp3) is 0.600. The van der Waals surface area contributed by atoms with Crippen molar-refractivity contribution in [2.45, 2.75) is 39.5 Å². The Morgan fingerprint density at radius 1 is 1.22 bits per heavy atom. The van der Waals surface area contributed by atoms with E-state index in [0.717, 1.165) is 67.2 Å². The summed E-state index contributed by atoms with van der Waals surface area (Å²) in [6, 6.07) is 2.02. The van der Waals surface area contributed by atoms with Crippen LogP contribution in [0.1, 0.15) is 36.4 Å². The van der Waals surface area contributed by atoms with E-state index in [1.165, 1.54) is 0 Å². The van der Waals surface area contributed by atoms with Crippen molar-refractivity contribution in [3.63, 3.8) is 0 Å². The Kier molecular flexibility index (Phi) is 5.20. The minimum atomic E-state index is 0.141. The number of amides is 1. The lowest BCUT2D eigenvalue weighted by atomic mass is 9.98. The highest BCUT2D eigenvalue weighted by atomic mass is 16.5. The minimum Gasteiger partial charge on any atom is -0.381 e. The molecule has 7 nitrogen and oxygen atoms in total.